The summed E-state index contributed by atoms with van der Waals surface area (Å²) in [5.74, 6) is 0.828. The molecule has 0 aliphatic carbocycles. The molecule has 22 heavy (non-hydrogen) atoms. The molecule has 3 rings (SSSR count). The summed E-state index contributed by atoms with van der Waals surface area (Å²) < 4.78 is 1.05. The van der Waals surface area contributed by atoms with Crippen LogP contribution in [0.4, 0.5) is 11.5 Å². The Labute approximate surface area is 142 Å². The minimum absolute atomic E-state index is 0.153. The van der Waals surface area contributed by atoms with Crippen LogP contribution in [-0.4, -0.2) is 24.0 Å². The minimum atomic E-state index is -0.153. The molecule has 0 bridgehead atoms. The third-order valence-electron chi connectivity index (χ3n) is 3.44. The van der Waals surface area contributed by atoms with Crippen LogP contribution in [0.1, 0.15) is 17.7 Å². The van der Waals surface area contributed by atoms with Gasteiger partial charge in [0.1, 0.15) is 5.82 Å². The van der Waals surface area contributed by atoms with E-state index in [-0.39, 0.29) is 5.91 Å². The first-order valence-corrected chi connectivity index (χ1v) is 8.77. The van der Waals surface area contributed by atoms with Crippen LogP contribution in [0.3, 0.4) is 0 Å². The Balaban J connectivity index is 1.58. The van der Waals surface area contributed by atoms with Crippen molar-refractivity contribution < 1.29 is 4.79 Å². The number of halogens is 1. The molecule has 0 atom stereocenters. The first kappa shape index (κ1) is 15.2. The molecule has 1 aliphatic rings. The van der Waals surface area contributed by atoms with Gasteiger partial charge in [-0.05, 0) is 59.1 Å². The van der Waals surface area contributed by atoms with Gasteiger partial charge in [0.15, 0.2) is 0 Å². The minimum Gasteiger partial charge on any atom is -0.357 e. The first-order valence-electron chi connectivity index (χ1n) is 7.16. The van der Waals surface area contributed by atoms with Crippen molar-refractivity contribution >= 4 is 50.8 Å². The van der Waals surface area contributed by atoms with E-state index in [1.54, 1.807) is 23.6 Å². The Morgan fingerprint density at radius 1 is 1.27 bits per heavy atom. The van der Waals surface area contributed by atoms with Crippen molar-refractivity contribution in [1.29, 1.82) is 0 Å². The van der Waals surface area contributed by atoms with Crippen molar-refractivity contribution in [3.8, 4) is 0 Å². The zero-order chi connectivity index (χ0) is 15.4. The molecule has 2 aromatic heterocycles. The number of rotatable bonds is 4. The zero-order valence-corrected chi connectivity index (χ0v) is 14.4. The quantitative estimate of drug-likeness (QED) is 0.813. The van der Waals surface area contributed by atoms with E-state index in [9.17, 15) is 4.79 Å². The summed E-state index contributed by atoms with van der Waals surface area (Å²) in [7, 11) is 0. The molecule has 114 valence electrons. The van der Waals surface area contributed by atoms with E-state index in [1.165, 1.54) is 18.9 Å². The van der Waals surface area contributed by atoms with Crippen LogP contribution in [0.15, 0.2) is 40.3 Å². The summed E-state index contributed by atoms with van der Waals surface area (Å²) >= 11 is 4.98. The van der Waals surface area contributed by atoms with Crippen molar-refractivity contribution in [2.45, 2.75) is 12.8 Å². The van der Waals surface area contributed by atoms with E-state index >= 15 is 0 Å². The highest BCUT2D eigenvalue weighted by atomic mass is 79.9. The lowest BCUT2D eigenvalue weighted by Gasteiger charge is -2.16. The van der Waals surface area contributed by atoms with Gasteiger partial charge in [0.2, 0.25) is 5.91 Å². The summed E-state index contributed by atoms with van der Waals surface area (Å²) in [5.41, 5.74) is 0.713. The lowest BCUT2D eigenvalue weighted by molar-refractivity contribution is -0.111. The van der Waals surface area contributed by atoms with Gasteiger partial charge in [0.05, 0.1) is 15.7 Å². The van der Waals surface area contributed by atoms with Gasteiger partial charge in [-0.25, -0.2) is 4.98 Å². The number of pyridine rings is 1. The summed E-state index contributed by atoms with van der Waals surface area (Å²) in [6, 6.07) is 7.78. The Bertz CT molecular complexity index is 675. The van der Waals surface area contributed by atoms with Crippen molar-refractivity contribution in [2.24, 2.45) is 0 Å². The normalized spacial score (nSPS) is 14.7. The molecule has 1 fully saturated rings. The highest BCUT2D eigenvalue weighted by Gasteiger charge is 2.13. The first-order chi connectivity index (χ1) is 10.7. The van der Waals surface area contributed by atoms with Gasteiger partial charge in [-0.1, -0.05) is 0 Å². The van der Waals surface area contributed by atoms with E-state index in [1.807, 2.05) is 24.3 Å². The number of hydrogen-bond acceptors (Lipinski definition) is 4. The third kappa shape index (κ3) is 3.96. The number of thiophene rings is 1. The van der Waals surface area contributed by atoms with E-state index in [4.69, 9.17) is 0 Å². The van der Waals surface area contributed by atoms with Crippen LogP contribution in [0.5, 0.6) is 0 Å². The standard InChI is InChI=1S/C16H16BrN3OS/c17-14-6-4-13(22-14)5-8-16(21)19-12-3-7-15(18-11-12)20-9-1-2-10-20/h3-8,11H,1-2,9-10H2,(H,19,21)/b8-5+. The molecule has 4 nitrogen and oxygen atoms in total. The van der Waals surface area contributed by atoms with Gasteiger partial charge in [-0.2, -0.15) is 0 Å². The Morgan fingerprint density at radius 3 is 2.73 bits per heavy atom. The summed E-state index contributed by atoms with van der Waals surface area (Å²) in [6.07, 6.45) is 7.50. The van der Waals surface area contributed by atoms with Gasteiger partial charge in [0, 0.05) is 24.0 Å². The molecule has 6 heteroatoms. The van der Waals surface area contributed by atoms with E-state index in [0.717, 1.165) is 27.6 Å². The van der Waals surface area contributed by atoms with Crippen LogP contribution < -0.4 is 10.2 Å². The lowest BCUT2D eigenvalue weighted by Crippen LogP contribution is -2.18. The highest BCUT2D eigenvalue weighted by Crippen LogP contribution is 2.23. The molecular weight excluding hydrogens is 362 g/mol. The molecule has 0 saturated carbocycles. The fraction of sp³-hybridized carbons (Fsp3) is 0.250. The number of carbonyl (C=O) groups is 1. The van der Waals surface area contributed by atoms with E-state index in [2.05, 4.69) is 31.1 Å². The maximum Gasteiger partial charge on any atom is 0.248 e. The molecule has 3 heterocycles. The fourth-order valence-corrected chi connectivity index (χ4v) is 3.68. The Morgan fingerprint density at radius 2 is 2.09 bits per heavy atom. The van der Waals surface area contributed by atoms with Crippen molar-refractivity contribution in [2.75, 3.05) is 23.3 Å². The molecule has 1 amide bonds. The number of amides is 1. The second-order valence-electron chi connectivity index (χ2n) is 5.06. The third-order valence-corrected chi connectivity index (χ3v) is 5.03. The molecule has 1 aliphatic heterocycles. The maximum atomic E-state index is 11.9. The van der Waals surface area contributed by atoms with Crippen molar-refractivity contribution in [3.63, 3.8) is 0 Å². The van der Waals surface area contributed by atoms with E-state index in [0.29, 0.717) is 5.69 Å². The molecule has 1 N–H and O–H groups in total. The lowest BCUT2D eigenvalue weighted by atomic mass is 10.3. The molecular formula is C16H16BrN3OS. The van der Waals surface area contributed by atoms with Crippen molar-refractivity contribution in [1.82, 2.24) is 4.98 Å². The van der Waals surface area contributed by atoms with Crippen LogP contribution >= 0.6 is 27.3 Å². The van der Waals surface area contributed by atoms with Gasteiger partial charge in [-0.15, -0.1) is 11.3 Å². The zero-order valence-electron chi connectivity index (χ0n) is 12.0. The maximum absolute atomic E-state index is 11.9. The Kier molecular flexibility index (Phi) is 4.90. The van der Waals surface area contributed by atoms with E-state index < -0.39 is 0 Å². The number of hydrogen-bond donors (Lipinski definition) is 1. The summed E-state index contributed by atoms with van der Waals surface area (Å²) in [5, 5.41) is 2.82. The largest absolute Gasteiger partial charge is 0.357 e. The van der Waals surface area contributed by atoms with Crippen LogP contribution in [0.2, 0.25) is 0 Å². The SMILES string of the molecule is O=C(/C=C/c1ccc(Br)s1)Nc1ccc(N2CCCC2)nc1. The topological polar surface area (TPSA) is 45.2 Å². The number of anilines is 2. The molecule has 2 aromatic rings. The number of carbonyl (C=O) groups excluding carboxylic acids is 1. The second kappa shape index (κ2) is 7.07. The summed E-state index contributed by atoms with van der Waals surface area (Å²) in [6.45, 7) is 2.13. The van der Waals surface area contributed by atoms with Gasteiger partial charge < -0.3 is 10.2 Å². The molecule has 0 spiro atoms. The predicted molar refractivity (Wildman–Crippen MR) is 95.4 cm³/mol. The molecule has 1 saturated heterocycles. The monoisotopic (exact) mass is 377 g/mol. The number of nitrogens with one attached hydrogen (secondary N) is 1. The summed E-state index contributed by atoms with van der Waals surface area (Å²) in [4.78, 5) is 19.6. The second-order valence-corrected chi connectivity index (χ2v) is 7.56. The predicted octanol–water partition coefficient (Wildman–Crippen LogP) is 4.16. The van der Waals surface area contributed by atoms with Gasteiger partial charge in [-0.3, -0.25) is 4.79 Å². The van der Waals surface area contributed by atoms with Gasteiger partial charge >= 0.3 is 0 Å². The number of nitrogens with zero attached hydrogens (tertiary/aromatic N) is 2. The highest BCUT2D eigenvalue weighted by molar-refractivity contribution is 9.11. The molecule has 0 aromatic carbocycles. The van der Waals surface area contributed by atoms with Crippen LogP contribution in [0, 0.1) is 0 Å². The van der Waals surface area contributed by atoms with Crippen LogP contribution in [-0.2, 0) is 4.79 Å². The molecule has 0 unspecified atom stereocenters. The number of aromatic nitrogens is 1. The van der Waals surface area contributed by atoms with Crippen molar-refractivity contribution in [3.05, 3.63) is 45.2 Å². The average molecular weight is 378 g/mol. The fourth-order valence-electron chi connectivity index (χ4n) is 2.35. The smallest absolute Gasteiger partial charge is 0.248 e. The average Bonchev–Trinajstić information content (AvgIpc) is 3.17. The molecule has 0 radical (unpaired) electrons. The van der Waals surface area contributed by atoms with Gasteiger partial charge in [0.25, 0.3) is 0 Å². The van der Waals surface area contributed by atoms with Crippen LogP contribution in [0.25, 0.3) is 6.08 Å². The Hall–Kier alpha value is -1.66.